The summed E-state index contributed by atoms with van der Waals surface area (Å²) >= 11 is 8.03. The summed E-state index contributed by atoms with van der Waals surface area (Å²) < 4.78 is 4.65. The third kappa shape index (κ3) is 1.59. The van der Waals surface area contributed by atoms with Crippen molar-refractivity contribution in [2.24, 2.45) is 4.36 Å². The minimum absolute atomic E-state index is 0.578. The van der Waals surface area contributed by atoms with Crippen molar-refractivity contribution in [2.45, 2.75) is 0 Å². The summed E-state index contributed by atoms with van der Waals surface area (Å²) in [5, 5.41) is 2.16. The first kappa shape index (κ1) is 8.72. The molecular formula is C9H5BrN2S. The number of benzene rings is 1. The Labute approximate surface area is 89.3 Å². The fourth-order valence-electron chi connectivity index (χ4n) is 1.17. The van der Waals surface area contributed by atoms with Gasteiger partial charge in [-0.15, -0.1) is 0 Å². The van der Waals surface area contributed by atoms with E-state index >= 15 is 0 Å². The van der Waals surface area contributed by atoms with Gasteiger partial charge >= 0.3 is 0 Å². The Morgan fingerprint density at radius 2 is 2.23 bits per heavy atom. The van der Waals surface area contributed by atoms with Crippen LogP contribution >= 0.6 is 15.9 Å². The largest absolute Gasteiger partial charge is 0.236 e. The van der Waals surface area contributed by atoms with Crippen LogP contribution in [0.3, 0.4) is 0 Å². The molecule has 2 aromatic rings. The van der Waals surface area contributed by atoms with E-state index in [9.17, 15) is 0 Å². The van der Waals surface area contributed by atoms with E-state index in [-0.39, 0.29) is 0 Å². The quantitative estimate of drug-likeness (QED) is 0.778. The maximum Gasteiger partial charge on any atom is 0.166 e. The number of hydrogen-bond acceptors (Lipinski definition) is 3. The fraction of sp³-hybridized carbons (Fsp3) is 0. The van der Waals surface area contributed by atoms with Gasteiger partial charge in [0.2, 0.25) is 0 Å². The monoisotopic (exact) mass is 252 g/mol. The molecule has 0 bridgehead atoms. The highest BCUT2D eigenvalue weighted by Crippen LogP contribution is 2.25. The zero-order valence-electron chi connectivity index (χ0n) is 6.57. The highest BCUT2D eigenvalue weighted by Gasteiger charge is 1.99. The van der Waals surface area contributed by atoms with Gasteiger partial charge in [0.1, 0.15) is 0 Å². The second kappa shape index (κ2) is 3.47. The second-order valence-electron chi connectivity index (χ2n) is 2.59. The molecule has 64 valence electrons. The summed E-state index contributed by atoms with van der Waals surface area (Å²) in [5.41, 5.74) is 0. The molecule has 0 saturated carbocycles. The molecule has 0 aliphatic rings. The lowest BCUT2D eigenvalue weighted by Crippen LogP contribution is -1.77. The molecule has 2 nitrogen and oxygen atoms in total. The van der Waals surface area contributed by atoms with Crippen LogP contribution in [0.1, 0.15) is 0 Å². The Morgan fingerprint density at radius 3 is 3.00 bits per heavy atom. The van der Waals surface area contributed by atoms with E-state index in [0.29, 0.717) is 5.82 Å². The van der Waals surface area contributed by atoms with E-state index in [1.807, 2.05) is 24.3 Å². The standard InChI is InChI=1S/C9H5BrN2S/c10-8-3-1-2-6-5-11-9(12-13)4-7(6)8/h1-5H. The van der Waals surface area contributed by atoms with Crippen LogP contribution in [0.25, 0.3) is 10.8 Å². The topological polar surface area (TPSA) is 25.2 Å². The average Bonchev–Trinajstić information content (AvgIpc) is 2.18. The van der Waals surface area contributed by atoms with Crippen molar-refractivity contribution in [3.63, 3.8) is 0 Å². The van der Waals surface area contributed by atoms with E-state index in [0.717, 1.165) is 15.2 Å². The summed E-state index contributed by atoms with van der Waals surface area (Å²) in [6.07, 6.45) is 1.77. The van der Waals surface area contributed by atoms with Crippen molar-refractivity contribution in [1.82, 2.24) is 4.98 Å². The van der Waals surface area contributed by atoms with Crippen molar-refractivity contribution in [3.05, 3.63) is 34.9 Å². The Bertz CT molecular complexity index is 470. The summed E-state index contributed by atoms with van der Waals surface area (Å²) in [6.45, 7) is 0. The Hall–Kier alpha value is -0.870. The van der Waals surface area contributed by atoms with Gasteiger partial charge in [0.05, 0.1) is 0 Å². The summed E-state index contributed by atoms with van der Waals surface area (Å²) in [5.74, 6) is 0.578. The maximum absolute atomic E-state index is 4.57. The SMILES string of the molecule is S=Nc1cc2c(Br)cccc2cn1. The van der Waals surface area contributed by atoms with Gasteiger partial charge in [0, 0.05) is 33.9 Å². The third-order valence-electron chi connectivity index (χ3n) is 1.79. The van der Waals surface area contributed by atoms with Gasteiger partial charge < -0.3 is 0 Å². The van der Waals surface area contributed by atoms with E-state index in [2.05, 4.69) is 37.7 Å². The zero-order chi connectivity index (χ0) is 9.26. The lowest BCUT2D eigenvalue weighted by Gasteiger charge is -1.99. The third-order valence-corrected chi connectivity index (χ3v) is 2.67. The van der Waals surface area contributed by atoms with Gasteiger partial charge in [0.25, 0.3) is 0 Å². The smallest absolute Gasteiger partial charge is 0.166 e. The molecule has 2 rings (SSSR count). The molecule has 0 aliphatic carbocycles. The summed E-state index contributed by atoms with van der Waals surface area (Å²) in [4.78, 5) is 4.07. The molecule has 13 heavy (non-hydrogen) atoms. The van der Waals surface area contributed by atoms with E-state index < -0.39 is 0 Å². The molecule has 0 radical (unpaired) electrons. The van der Waals surface area contributed by atoms with Crippen molar-refractivity contribution in [2.75, 3.05) is 0 Å². The first-order valence-corrected chi connectivity index (χ1v) is 4.85. The number of halogens is 1. The van der Waals surface area contributed by atoms with Gasteiger partial charge in [-0.3, -0.25) is 0 Å². The van der Waals surface area contributed by atoms with Gasteiger partial charge in [-0.25, -0.2) is 4.98 Å². The Balaban J connectivity index is 2.81. The molecule has 1 heterocycles. The summed E-state index contributed by atoms with van der Waals surface area (Å²) in [7, 11) is 0. The predicted molar refractivity (Wildman–Crippen MR) is 58.9 cm³/mol. The molecule has 0 N–H and O–H groups in total. The minimum atomic E-state index is 0.578. The number of hydrogen-bond donors (Lipinski definition) is 0. The lowest BCUT2D eigenvalue weighted by molar-refractivity contribution is 1.32. The van der Waals surface area contributed by atoms with Crippen molar-refractivity contribution in [1.29, 1.82) is 0 Å². The lowest BCUT2D eigenvalue weighted by atomic mass is 10.2. The van der Waals surface area contributed by atoms with Crippen LogP contribution in [0.15, 0.2) is 39.3 Å². The zero-order valence-corrected chi connectivity index (χ0v) is 8.97. The van der Waals surface area contributed by atoms with E-state index in [1.54, 1.807) is 6.20 Å². The van der Waals surface area contributed by atoms with Crippen molar-refractivity contribution in [3.8, 4) is 0 Å². The van der Waals surface area contributed by atoms with Gasteiger partial charge in [-0.1, -0.05) is 28.1 Å². The molecule has 0 aliphatic heterocycles. The fourth-order valence-corrected chi connectivity index (χ4v) is 1.77. The molecule has 0 unspecified atom stereocenters. The van der Waals surface area contributed by atoms with Crippen molar-refractivity contribution >= 4 is 44.9 Å². The number of aromatic nitrogens is 1. The average molecular weight is 253 g/mol. The maximum atomic E-state index is 4.57. The highest BCUT2D eigenvalue weighted by molar-refractivity contribution is 9.10. The molecule has 4 heteroatoms. The van der Waals surface area contributed by atoms with Crippen LogP contribution in [0.5, 0.6) is 0 Å². The number of rotatable bonds is 1. The van der Waals surface area contributed by atoms with Crippen LogP contribution in [-0.2, 0) is 12.4 Å². The van der Waals surface area contributed by atoms with E-state index in [1.165, 1.54) is 0 Å². The van der Waals surface area contributed by atoms with Crippen molar-refractivity contribution < 1.29 is 0 Å². The van der Waals surface area contributed by atoms with Crippen LogP contribution < -0.4 is 0 Å². The molecule has 0 amide bonds. The van der Waals surface area contributed by atoms with Crippen LogP contribution in [0.4, 0.5) is 5.82 Å². The summed E-state index contributed by atoms with van der Waals surface area (Å²) in [6, 6.07) is 7.82. The van der Waals surface area contributed by atoms with Gasteiger partial charge in [0.15, 0.2) is 5.82 Å². The molecule has 1 aromatic carbocycles. The van der Waals surface area contributed by atoms with E-state index in [4.69, 9.17) is 0 Å². The molecule has 0 spiro atoms. The molecule has 0 fully saturated rings. The van der Waals surface area contributed by atoms with Gasteiger partial charge in [-0.05, 0) is 12.1 Å². The molecule has 0 saturated heterocycles. The first-order valence-electron chi connectivity index (χ1n) is 3.69. The normalized spacial score (nSPS) is 10.2. The Morgan fingerprint density at radius 1 is 1.38 bits per heavy atom. The van der Waals surface area contributed by atoms with Crippen LogP contribution in [-0.4, -0.2) is 4.98 Å². The predicted octanol–water partition coefficient (Wildman–Crippen LogP) is 3.36. The van der Waals surface area contributed by atoms with Gasteiger partial charge in [-0.2, -0.15) is 4.36 Å². The number of nitrogens with zero attached hydrogens (tertiary/aromatic N) is 2. The Kier molecular flexibility index (Phi) is 2.33. The molecule has 0 atom stereocenters. The number of fused-ring (bicyclic) bond motifs is 1. The first-order chi connectivity index (χ1) is 6.31. The second-order valence-corrected chi connectivity index (χ2v) is 3.63. The van der Waals surface area contributed by atoms with Crippen LogP contribution in [0, 0.1) is 0 Å². The highest BCUT2D eigenvalue weighted by atomic mass is 79.9. The minimum Gasteiger partial charge on any atom is -0.236 e. The molecular weight excluding hydrogens is 248 g/mol. The number of pyridine rings is 1. The van der Waals surface area contributed by atoms with Crippen LogP contribution in [0.2, 0.25) is 0 Å². The molecule has 1 aromatic heterocycles.